The molecular weight excluding hydrogens is 1030 g/mol. The van der Waals surface area contributed by atoms with Crippen LogP contribution in [0.2, 0.25) is 0 Å². The van der Waals surface area contributed by atoms with Crippen molar-refractivity contribution >= 4 is 28.2 Å². The van der Waals surface area contributed by atoms with Gasteiger partial charge in [-0.25, -0.2) is 4.79 Å². The molecule has 1 spiro atoms. The summed E-state index contributed by atoms with van der Waals surface area (Å²) in [4.78, 5) is 28.5. The van der Waals surface area contributed by atoms with Crippen LogP contribution in [0.5, 0.6) is 34.5 Å². The molecule has 7 fully saturated rings. The zero-order chi connectivity index (χ0) is 56.2. The number of fused-ring (bicyclic) bond motifs is 11. The second-order valence-corrected chi connectivity index (χ2v) is 25.1. The van der Waals surface area contributed by atoms with E-state index in [9.17, 15) is 45.3 Å². The van der Waals surface area contributed by atoms with Crippen molar-refractivity contribution in [3.8, 4) is 34.5 Å². The van der Waals surface area contributed by atoms with Gasteiger partial charge in [0.1, 0.15) is 69.3 Å². The van der Waals surface area contributed by atoms with Crippen LogP contribution in [0.15, 0.2) is 35.9 Å². The highest BCUT2D eigenvalue weighted by atomic mass is 32.3. The molecule has 4 aliphatic carbocycles. The van der Waals surface area contributed by atoms with Crippen molar-refractivity contribution in [3.05, 3.63) is 52.6 Å². The number of aromatic hydroxyl groups is 1. The third-order valence-corrected chi connectivity index (χ3v) is 19.8. The van der Waals surface area contributed by atoms with Crippen LogP contribution in [-0.2, 0) is 24.7 Å². The van der Waals surface area contributed by atoms with Gasteiger partial charge in [0.25, 0.3) is 0 Å². The number of carbonyl (C=O) groups is 2. The number of nitrogens with zero attached hydrogens (tertiary/aromatic N) is 1. The molecule has 6 heterocycles. The first kappa shape index (κ1) is 55.7. The fraction of sp³-hybridized carbons (Fsp3) is 0.673. The number of hydrogen-bond acceptors (Lipinski definition) is 19. The van der Waals surface area contributed by atoms with Crippen LogP contribution in [0, 0.1) is 29.1 Å². The third kappa shape index (κ3) is 8.00. The van der Waals surface area contributed by atoms with Crippen molar-refractivity contribution in [1.82, 2.24) is 4.90 Å². The number of ether oxygens (including phenoxy) is 7. The van der Waals surface area contributed by atoms with Crippen molar-refractivity contribution in [2.24, 2.45) is 29.1 Å². The van der Waals surface area contributed by atoms with Gasteiger partial charge in [0.15, 0.2) is 23.4 Å². The zero-order valence-electron chi connectivity index (χ0n) is 44.8. The summed E-state index contributed by atoms with van der Waals surface area (Å²) in [6.45, 7) is 14.1. The molecule has 6 aliphatic heterocycles. The molecule has 4 saturated carbocycles. The SMILES string of the molecule is CC=C(C)C(=O)OC1CCC2(C)C3CCC4C5(O)CC(O)C6(O)C(CN7CC(C)CCC7C6(C)O)C5(O)CC42OC13O.COc1cc2c(cc1OC)C1C(=O)c3c(O)cc4c(c3OC1CO2)C=CC(C)(C)O4.O=S(=O)(O)O. The molecule has 16 atom stereocenters. The summed E-state index contributed by atoms with van der Waals surface area (Å²) in [5.41, 5.74) is -8.03. The summed E-state index contributed by atoms with van der Waals surface area (Å²) in [5, 5.41) is 84.6. The number of methoxy groups -OCH3 is 2. The fourth-order valence-electron chi connectivity index (χ4n) is 16.1. The normalized spacial score (nSPS) is 42.3. The molecule has 0 aromatic heterocycles. The lowest BCUT2D eigenvalue weighted by Crippen LogP contribution is -2.85. The molecule has 77 heavy (non-hydrogen) atoms. The fourth-order valence-corrected chi connectivity index (χ4v) is 16.1. The molecule has 9 N–H and O–H groups in total. The van der Waals surface area contributed by atoms with Crippen LogP contribution >= 0.6 is 0 Å². The number of phenolic OH excluding ortho intramolecular Hbond substituents is 1. The highest BCUT2D eigenvalue weighted by molar-refractivity contribution is 7.79. The molecule has 424 valence electrons. The van der Waals surface area contributed by atoms with Gasteiger partial charge in [-0.15, -0.1) is 0 Å². The largest absolute Gasteiger partial charge is 0.507 e. The Morgan fingerprint density at radius 3 is 2.21 bits per heavy atom. The van der Waals surface area contributed by atoms with Gasteiger partial charge in [-0.1, -0.05) is 19.9 Å². The average Bonchev–Trinajstić information content (AvgIpc) is 2.02. The number of aliphatic hydroxyl groups excluding tert-OH is 1. The molecule has 10 aliphatic rings. The van der Waals surface area contributed by atoms with E-state index in [4.69, 9.17) is 50.7 Å². The Bertz CT molecular complexity index is 2930. The Kier molecular flexibility index (Phi) is 13.2. The van der Waals surface area contributed by atoms with E-state index in [-0.39, 0.29) is 49.1 Å². The Morgan fingerprint density at radius 2 is 1.55 bits per heavy atom. The molecule has 2 aromatic carbocycles. The molecular formula is C55H73NO20S. The number of allylic oxidation sites excluding steroid dienone is 1. The number of esters is 1. The van der Waals surface area contributed by atoms with Gasteiger partial charge in [-0.2, -0.15) is 8.42 Å². The number of ketones is 1. The third-order valence-electron chi connectivity index (χ3n) is 19.8. The Balaban J connectivity index is 0.000000168. The van der Waals surface area contributed by atoms with Crippen molar-refractivity contribution in [2.45, 2.75) is 169 Å². The molecule has 21 nitrogen and oxygen atoms in total. The number of benzene rings is 2. The number of aliphatic hydroxyl groups is 6. The summed E-state index contributed by atoms with van der Waals surface area (Å²) in [6.07, 6.45) is 5.53. The standard InChI is InChI=1S/C32H49NO9.C23H22O7.H2O4S/c1-6-18(3)25(35)41-24-11-12-26(4)19-8-9-20-28(37)13-23(34)31(39)21(29(28,38)16-30(20,26)42-32(19,24)40)15-33-14-17(2)7-10-22(33)27(31,5)36;1-23(2)6-5-11-15(30-23)8-13(24)20-21(25)19-12-7-16(26-3)17(27-4)9-14(12)28-10-18(19)29-22(11)20;1-5(2,3)4/h6,17,19-24,34,36-40H,7-16H2,1-5H3;5-9,18-19,24H,10H2,1-4H3;(H2,1,2,3,4). The predicted octanol–water partition coefficient (Wildman–Crippen LogP) is 4.05. The minimum atomic E-state index is -4.67. The van der Waals surface area contributed by atoms with E-state index in [0.29, 0.717) is 90.0 Å². The van der Waals surface area contributed by atoms with Crippen LogP contribution < -0.4 is 23.7 Å². The van der Waals surface area contributed by atoms with Crippen LogP contribution in [0.25, 0.3) is 6.08 Å². The summed E-state index contributed by atoms with van der Waals surface area (Å²) in [7, 11) is -1.59. The van der Waals surface area contributed by atoms with Crippen molar-refractivity contribution < 1.29 is 96.0 Å². The Labute approximate surface area is 447 Å². The van der Waals surface area contributed by atoms with Gasteiger partial charge in [0, 0.05) is 78.4 Å². The summed E-state index contributed by atoms with van der Waals surface area (Å²) >= 11 is 0. The number of phenols is 1. The number of piperidine rings is 2. The molecule has 16 unspecified atom stereocenters. The maximum absolute atomic E-state index is 13.6. The smallest absolute Gasteiger partial charge is 0.394 e. The lowest BCUT2D eigenvalue weighted by atomic mass is 9.49. The van der Waals surface area contributed by atoms with Gasteiger partial charge in [0.2, 0.25) is 5.79 Å². The van der Waals surface area contributed by atoms with E-state index in [0.717, 1.165) is 6.42 Å². The van der Waals surface area contributed by atoms with Crippen LogP contribution in [0.4, 0.5) is 0 Å². The van der Waals surface area contributed by atoms with Crippen molar-refractivity contribution in [1.29, 1.82) is 0 Å². The van der Waals surface area contributed by atoms with Crippen LogP contribution in [0.1, 0.15) is 127 Å². The lowest BCUT2D eigenvalue weighted by molar-refractivity contribution is -0.354. The maximum Gasteiger partial charge on any atom is 0.394 e. The van der Waals surface area contributed by atoms with E-state index in [1.807, 2.05) is 32.9 Å². The number of rotatable bonds is 4. The molecule has 12 rings (SSSR count). The Morgan fingerprint density at radius 1 is 0.883 bits per heavy atom. The quantitative estimate of drug-likeness (QED) is 0.118. The predicted molar refractivity (Wildman–Crippen MR) is 272 cm³/mol. The molecule has 3 saturated heterocycles. The van der Waals surface area contributed by atoms with E-state index in [1.165, 1.54) is 13.2 Å². The first-order chi connectivity index (χ1) is 35.8. The molecule has 0 amide bonds. The van der Waals surface area contributed by atoms with Crippen LogP contribution in [-0.4, -0.2) is 168 Å². The van der Waals surface area contributed by atoms with E-state index in [1.54, 1.807) is 46.1 Å². The molecule has 2 aromatic rings. The van der Waals surface area contributed by atoms with Crippen molar-refractivity contribution in [3.63, 3.8) is 0 Å². The number of carbonyl (C=O) groups excluding carboxylic acids is 2. The van der Waals surface area contributed by atoms with Gasteiger partial charge in [-0.05, 0) is 97.3 Å². The molecule has 4 bridgehead atoms. The maximum atomic E-state index is 13.6. The first-order valence-corrected chi connectivity index (χ1v) is 27.8. The monoisotopic (exact) mass is 1100 g/mol. The highest BCUT2D eigenvalue weighted by Gasteiger charge is 2.89. The number of hydrogen-bond donors (Lipinski definition) is 9. The minimum absolute atomic E-state index is 0.0606. The van der Waals surface area contributed by atoms with Gasteiger partial charge < -0.3 is 68.9 Å². The highest BCUT2D eigenvalue weighted by Crippen LogP contribution is 2.78. The second-order valence-electron chi connectivity index (χ2n) is 24.2. The Hall–Kier alpha value is -4.59. The summed E-state index contributed by atoms with van der Waals surface area (Å²) < 4.78 is 73.0. The van der Waals surface area contributed by atoms with E-state index < -0.39 is 103 Å². The summed E-state index contributed by atoms with van der Waals surface area (Å²) in [6, 6.07) is 4.54. The minimum Gasteiger partial charge on any atom is -0.507 e. The molecule has 22 heteroatoms. The van der Waals surface area contributed by atoms with Crippen LogP contribution in [0.3, 0.4) is 0 Å². The summed E-state index contributed by atoms with van der Waals surface area (Å²) in [5.74, 6) is -2.71. The average molecular weight is 1100 g/mol. The lowest BCUT2D eigenvalue weighted by Gasteiger charge is -2.68. The van der Waals surface area contributed by atoms with Crippen molar-refractivity contribution in [2.75, 3.05) is 33.9 Å². The van der Waals surface area contributed by atoms with E-state index >= 15 is 0 Å². The second kappa shape index (κ2) is 18.2. The zero-order valence-corrected chi connectivity index (χ0v) is 45.6. The first-order valence-electron chi connectivity index (χ1n) is 26.4. The van der Waals surface area contributed by atoms with Gasteiger partial charge >= 0.3 is 16.4 Å². The van der Waals surface area contributed by atoms with E-state index in [2.05, 4.69) is 11.8 Å². The van der Waals surface area contributed by atoms with Gasteiger partial charge in [-0.3, -0.25) is 18.8 Å². The van der Waals surface area contributed by atoms with Gasteiger partial charge in [0.05, 0.1) is 37.4 Å². The topological polar surface area (TPSA) is 318 Å². The number of Topliss-reactive ketones (excluding diaryl/α,β-unsaturated/α-hetero) is 1. The molecule has 0 radical (unpaired) electrons.